The van der Waals surface area contributed by atoms with E-state index >= 15 is 0 Å². The normalized spacial score (nSPS) is 12.6. The van der Waals surface area contributed by atoms with Crippen LogP contribution in [0, 0.1) is 0 Å². The van der Waals surface area contributed by atoms with Gasteiger partial charge in [-0.2, -0.15) is 0 Å². The maximum atomic E-state index is 6.16. The molecular weight excluding hydrogens is 285 g/mol. The lowest BCUT2D eigenvalue weighted by Gasteiger charge is -2.16. The Hall–Kier alpha value is -0.320. The first-order valence-electron chi connectivity index (χ1n) is 6.40. The summed E-state index contributed by atoms with van der Waals surface area (Å²) in [5.41, 5.74) is 1.06. The van der Waals surface area contributed by atoms with Crippen LogP contribution in [-0.4, -0.2) is 33.5 Å². The van der Waals surface area contributed by atoms with Crippen molar-refractivity contribution in [1.29, 1.82) is 0 Å². The molecule has 1 atom stereocenters. The predicted molar refractivity (Wildman–Crippen MR) is 80.2 cm³/mol. The Bertz CT molecular complexity index is 374. The Balaban J connectivity index is 2.22. The Morgan fingerprint density at radius 3 is 2.68 bits per heavy atom. The summed E-state index contributed by atoms with van der Waals surface area (Å²) in [5, 5.41) is 4.77. The van der Waals surface area contributed by atoms with Crippen molar-refractivity contribution in [3.05, 3.63) is 33.8 Å². The van der Waals surface area contributed by atoms with Crippen LogP contribution in [0.15, 0.2) is 18.2 Å². The van der Waals surface area contributed by atoms with Gasteiger partial charge in [0.25, 0.3) is 0 Å². The molecule has 0 saturated heterocycles. The van der Waals surface area contributed by atoms with Crippen molar-refractivity contribution in [2.24, 2.45) is 0 Å². The number of hydrogen-bond acceptors (Lipinski definition) is 3. The van der Waals surface area contributed by atoms with Gasteiger partial charge in [0.15, 0.2) is 0 Å². The minimum Gasteiger partial charge on any atom is -0.382 e. The van der Waals surface area contributed by atoms with Crippen LogP contribution in [0.5, 0.6) is 0 Å². The molecule has 0 heterocycles. The van der Waals surface area contributed by atoms with Crippen LogP contribution in [0.3, 0.4) is 0 Å². The fourth-order valence-corrected chi connectivity index (χ4v) is 2.27. The van der Waals surface area contributed by atoms with E-state index in [1.165, 1.54) is 0 Å². The Labute approximate surface area is 125 Å². The minimum atomic E-state index is 0.198. The summed E-state index contributed by atoms with van der Waals surface area (Å²) in [6.07, 6.45) is 0.958. The molecule has 5 heteroatoms. The van der Waals surface area contributed by atoms with Crippen molar-refractivity contribution in [2.45, 2.75) is 19.4 Å². The van der Waals surface area contributed by atoms with Crippen molar-refractivity contribution in [1.82, 2.24) is 5.32 Å². The van der Waals surface area contributed by atoms with Crippen LogP contribution in [-0.2, 0) is 9.47 Å². The van der Waals surface area contributed by atoms with E-state index in [1.54, 1.807) is 13.2 Å². The van der Waals surface area contributed by atoms with E-state index < -0.39 is 0 Å². The van der Waals surface area contributed by atoms with Gasteiger partial charge in [-0.1, -0.05) is 29.3 Å². The van der Waals surface area contributed by atoms with Gasteiger partial charge < -0.3 is 14.8 Å². The quantitative estimate of drug-likeness (QED) is 0.706. The molecule has 0 aromatic heterocycles. The van der Waals surface area contributed by atoms with Gasteiger partial charge in [-0.25, -0.2) is 0 Å². The number of nitrogens with one attached hydrogen (secondary N) is 1. The van der Waals surface area contributed by atoms with Gasteiger partial charge in [0.1, 0.15) is 0 Å². The summed E-state index contributed by atoms with van der Waals surface area (Å²) in [4.78, 5) is 0. The first-order chi connectivity index (χ1) is 9.15. The van der Waals surface area contributed by atoms with E-state index in [1.807, 2.05) is 12.1 Å². The Kier molecular flexibility index (Phi) is 8.42. The first kappa shape index (κ1) is 16.7. The van der Waals surface area contributed by atoms with Gasteiger partial charge in [-0.05, 0) is 37.6 Å². The van der Waals surface area contributed by atoms with Crippen LogP contribution in [0.25, 0.3) is 0 Å². The maximum Gasteiger partial charge on any atom is 0.0700 e. The fourth-order valence-electron chi connectivity index (χ4n) is 1.70. The molecule has 19 heavy (non-hydrogen) atoms. The zero-order valence-electron chi connectivity index (χ0n) is 11.4. The number of rotatable bonds is 9. The summed E-state index contributed by atoms with van der Waals surface area (Å²) in [6.45, 7) is 4.99. The van der Waals surface area contributed by atoms with E-state index in [-0.39, 0.29) is 6.04 Å². The molecule has 0 bridgehead atoms. The van der Waals surface area contributed by atoms with Crippen molar-refractivity contribution in [3.8, 4) is 0 Å². The van der Waals surface area contributed by atoms with Crippen LogP contribution < -0.4 is 5.32 Å². The molecule has 3 nitrogen and oxygen atoms in total. The highest BCUT2D eigenvalue weighted by Gasteiger charge is 2.08. The molecule has 1 unspecified atom stereocenters. The Morgan fingerprint density at radius 1 is 1.21 bits per heavy atom. The van der Waals surface area contributed by atoms with Gasteiger partial charge in [0.2, 0.25) is 0 Å². The lowest BCUT2D eigenvalue weighted by Crippen LogP contribution is -2.21. The van der Waals surface area contributed by atoms with Crippen LogP contribution in [0.2, 0.25) is 10.0 Å². The number of ether oxygens (including phenoxy) is 2. The summed E-state index contributed by atoms with van der Waals surface area (Å²) >= 11 is 12.0. The summed E-state index contributed by atoms with van der Waals surface area (Å²) in [6, 6.07) is 5.78. The molecule has 0 amide bonds. The van der Waals surface area contributed by atoms with E-state index in [0.717, 1.165) is 25.1 Å². The second kappa shape index (κ2) is 9.56. The zero-order chi connectivity index (χ0) is 14.1. The average molecular weight is 306 g/mol. The van der Waals surface area contributed by atoms with E-state index in [0.29, 0.717) is 23.3 Å². The molecule has 0 radical (unpaired) electrons. The topological polar surface area (TPSA) is 30.5 Å². The lowest BCUT2D eigenvalue weighted by atomic mass is 10.1. The second-order valence-corrected chi connectivity index (χ2v) is 5.14. The third-order valence-corrected chi connectivity index (χ3v) is 3.34. The lowest BCUT2D eigenvalue weighted by molar-refractivity contribution is 0.0693. The number of benzene rings is 1. The second-order valence-electron chi connectivity index (χ2n) is 4.30. The van der Waals surface area contributed by atoms with E-state index in [9.17, 15) is 0 Å². The van der Waals surface area contributed by atoms with Crippen LogP contribution in [0.4, 0.5) is 0 Å². The summed E-state index contributed by atoms with van der Waals surface area (Å²) in [7, 11) is 1.67. The summed E-state index contributed by atoms with van der Waals surface area (Å²) in [5.74, 6) is 0. The fraction of sp³-hybridized carbons (Fsp3) is 0.571. The molecule has 0 saturated carbocycles. The highest BCUT2D eigenvalue weighted by Crippen LogP contribution is 2.25. The SMILES string of the molecule is COCCOCCCNC(C)c1ccc(Cl)cc1Cl. The number of methoxy groups -OCH3 is 1. The van der Waals surface area contributed by atoms with Crippen molar-refractivity contribution in [3.63, 3.8) is 0 Å². The molecule has 0 spiro atoms. The molecule has 1 N–H and O–H groups in total. The highest BCUT2D eigenvalue weighted by molar-refractivity contribution is 6.35. The highest BCUT2D eigenvalue weighted by atomic mass is 35.5. The smallest absolute Gasteiger partial charge is 0.0700 e. The van der Waals surface area contributed by atoms with Crippen LogP contribution in [0.1, 0.15) is 24.9 Å². The predicted octanol–water partition coefficient (Wildman–Crippen LogP) is 3.70. The average Bonchev–Trinajstić information content (AvgIpc) is 2.37. The van der Waals surface area contributed by atoms with Gasteiger partial charge in [-0.3, -0.25) is 0 Å². The number of halogens is 2. The molecule has 1 rings (SSSR count). The molecule has 1 aromatic carbocycles. The van der Waals surface area contributed by atoms with Crippen molar-refractivity contribution < 1.29 is 9.47 Å². The summed E-state index contributed by atoms with van der Waals surface area (Å²) < 4.78 is 10.3. The van der Waals surface area contributed by atoms with E-state index in [2.05, 4.69) is 12.2 Å². The van der Waals surface area contributed by atoms with E-state index in [4.69, 9.17) is 32.7 Å². The first-order valence-corrected chi connectivity index (χ1v) is 7.15. The molecule has 108 valence electrons. The molecule has 0 fully saturated rings. The van der Waals surface area contributed by atoms with Gasteiger partial charge in [-0.15, -0.1) is 0 Å². The maximum absolute atomic E-state index is 6.16. The Morgan fingerprint density at radius 2 is 2.00 bits per heavy atom. The largest absolute Gasteiger partial charge is 0.382 e. The third kappa shape index (κ3) is 6.59. The number of hydrogen-bond donors (Lipinski definition) is 1. The zero-order valence-corrected chi connectivity index (χ0v) is 12.9. The molecule has 1 aromatic rings. The van der Waals surface area contributed by atoms with Crippen LogP contribution >= 0.6 is 23.2 Å². The van der Waals surface area contributed by atoms with Crippen molar-refractivity contribution >= 4 is 23.2 Å². The monoisotopic (exact) mass is 305 g/mol. The third-order valence-electron chi connectivity index (χ3n) is 2.78. The minimum absolute atomic E-state index is 0.198. The molecule has 0 aliphatic rings. The van der Waals surface area contributed by atoms with Gasteiger partial charge in [0, 0.05) is 29.8 Å². The molecular formula is C14H21Cl2NO2. The molecule has 0 aliphatic heterocycles. The standard InChI is InChI=1S/C14H21Cl2NO2/c1-11(13-5-4-12(15)10-14(13)16)17-6-3-7-19-9-8-18-2/h4-5,10-11,17H,3,6-9H2,1-2H3. The molecule has 0 aliphatic carbocycles. The van der Waals surface area contributed by atoms with Crippen molar-refractivity contribution in [2.75, 3.05) is 33.5 Å². The van der Waals surface area contributed by atoms with Gasteiger partial charge in [0.05, 0.1) is 13.2 Å². The van der Waals surface area contributed by atoms with Gasteiger partial charge >= 0.3 is 0 Å².